The molecule has 0 N–H and O–H groups in total. The second-order valence-corrected chi connectivity index (χ2v) is 7.71. The van der Waals surface area contributed by atoms with Gasteiger partial charge in [-0.2, -0.15) is 0 Å². The van der Waals surface area contributed by atoms with E-state index in [2.05, 4.69) is 9.88 Å². The molecule has 0 radical (unpaired) electrons. The van der Waals surface area contributed by atoms with E-state index in [1.807, 2.05) is 41.1 Å². The van der Waals surface area contributed by atoms with E-state index < -0.39 is 0 Å². The van der Waals surface area contributed by atoms with Crippen molar-refractivity contribution >= 4 is 11.9 Å². The molecule has 0 saturated carbocycles. The maximum Gasteiger partial charge on any atom is 0.319 e. The van der Waals surface area contributed by atoms with Crippen molar-refractivity contribution in [3.05, 3.63) is 30.1 Å². The predicted molar refractivity (Wildman–Crippen MR) is 99.5 cm³/mol. The fraction of sp³-hybridized carbons (Fsp3) is 0.632. The quantitative estimate of drug-likeness (QED) is 0.811. The van der Waals surface area contributed by atoms with Crippen LogP contribution in [0.4, 0.5) is 4.79 Å². The summed E-state index contributed by atoms with van der Waals surface area (Å²) in [6.45, 7) is 7.10. The number of likely N-dealkylation sites (tertiary alicyclic amines) is 1. The lowest BCUT2D eigenvalue weighted by molar-refractivity contribution is -0.127. The number of hydrogen-bond donors (Lipinski definition) is 0. The summed E-state index contributed by atoms with van der Waals surface area (Å²) >= 11 is 0. The van der Waals surface area contributed by atoms with Gasteiger partial charge in [0.15, 0.2) is 0 Å². The van der Waals surface area contributed by atoms with Crippen LogP contribution in [0.2, 0.25) is 0 Å². The van der Waals surface area contributed by atoms with E-state index in [0.29, 0.717) is 19.5 Å². The minimum atomic E-state index is -0.204. The topological polar surface area (TPSA) is 60.0 Å². The van der Waals surface area contributed by atoms with Gasteiger partial charge >= 0.3 is 6.03 Å². The summed E-state index contributed by atoms with van der Waals surface area (Å²) in [5.41, 5.74) is 0.816. The largest absolute Gasteiger partial charge is 0.342 e. The first kappa shape index (κ1) is 18.6. The van der Waals surface area contributed by atoms with Gasteiger partial charge in [0.2, 0.25) is 5.91 Å². The van der Waals surface area contributed by atoms with Gasteiger partial charge in [0.25, 0.3) is 0 Å². The molecule has 1 spiro atoms. The SMILES string of the molecule is CCN1C[C@@]2(CC1=O)CN(Cc1ccccn1)CCN(C(=O)N(C)C)C2. The van der Waals surface area contributed by atoms with Gasteiger partial charge in [0.1, 0.15) is 0 Å². The molecule has 1 aromatic heterocycles. The molecule has 3 heterocycles. The number of aromatic nitrogens is 1. The van der Waals surface area contributed by atoms with Gasteiger partial charge in [0, 0.05) is 77.9 Å². The summed E-state index contributed by atoms with van der Waals surface area (Å²) in [6, 6.07) is 5.96. The zero-order valence-corrected chi connectivity index (χ0v) is 16.0. The number of amides is 3. The minimum Gasteiger partial charge on any atom is -0.342 e. The van der Waals surface area contributed by atoms with Crippen LogP contribution >= 0.6 is 0 Å². The molecule has 2 fully saturated rings. The summed E-state index contributed by atoms with van der Waals surface area (Å²) in [7, 11) is 3.56. The normalized spacial score (nSPS) is 24.2. The Hall–Kier alpha value is -2.15. The van der Waals surface area contributed by atoms with E-state index in [1.54, 1.807) is 19.0 Å². The van der Waals surface area contributed by atoms with E-state index in [0.717, 1.165) is 38.4 Å². The molecule has 0 bridgehead atoms. The highest BCUT2D eigenvalue weighted by Crippen LogP contribution is 2.35. The molecule has 1 atom stereocenters. The summed E-state index contributed by atoms with van der Waals surface area (Å²) in [5, 5.41) is 0. The Labute approximate surface area is 155 Å². The van der Waals surface area contributed by atoms with Crippen LogP contribution < -0.4 is 0 Å². The molecule has 3 rings (SSSR count). The maximum atomic E-state index is 12.6. The van der Waals surface area contributed by atoms with Gasteiger partial charge in [-0.15, -0.1) is 0 Å². The molecule has 0 unspecified atom stereocenters. The minimum absolute atomic E-state index is 0.0199. The average Bonchev–Trinajstić information content (AvgIpc) is 2.82. The van der Waals surface area contributed by atoms with Crippen LogP contribution in [-0.2, 0) is 11.3 Å². The number of pyridine rings is 1. The van der Waals surface area contributed by atoms with E-state index in [9.17, 15) is 9.59 Å². The molecule has 2 aliphatic rings. The van der Waals surface area contributed by atoms with Crippen molar-refractivity contribution in [2.45, 2.75) is 19.9 Å². The third kappa shape index (κ3) is 3.98. The highest BCUT2D eigenvalue weighted by Gasteiger charge is 2.46. The van der Waals surface area contributed by atoms with Gasteiger partial charge < -0.3 is 14.7 Å². The number of carbonyl (C=O) groups is 2. The summed E-state index contributed by atoms with van der Waals surface area (Å²) in [5.74, 6) is 0.199. The molecular formula is C19H29N5O2. The second-order valence-electron chi connectivity index (χ2n) is 7.71. The molecule has 2 saturated heterocycles. The monoisotopic (exact) mass is 359 g/mol. The molecule has 0 aliphatic carbocycles. The van der Waals surface area contributed by atoms with Crippen LogP contribution in [0.15, 0.2) is 24.4 Å². The molecule has 0 aromatic carbocycles. The van der Waals surface area contributed by atoms with E-state index in [4.69, 9.17) is 0 Å². The molecule has 26 heavy (non-hydrogen) atoms. The van der Waals surface area contributed by atoms with Crippen LogP contribution in [0, 0.1) is 5.41 Å². The van der Waals surface area contributed by atoms with Crippen LogP contribution in [0.5, 0.6) is 0 Å². The summed E-state index contributed by atoms with van der Waals surface area (Å²) < 4.78 is 0. The average molecular weight is 359 g/mol. The standard InChI is InChI=1S/C19H29N5O2/c1-4-23-14-19(11-17(23)25)13-22(12-16-7-5-6-8-20-16)9-10-24(15-19)18(26)21(2)3/h5-8H,4,9-15H2,1-3H3/t19-/m1/s1. The van der Waals surface area contributed by atoms with Gasteiger partial charge in [-0.25, -0.2) is 4.79 Å². The Bertz CT molecular complexity index is 651. The zero-order valence-electron chi connectivity index (χ0n) is 16.0. The van der Waals surface area contributed by atoms with Crippen molar-refractivity contribution < 1.29 is 9.59 Å². The van der Waals surface area contributed by atoms with E-state index in [-0.39, 0.29) is 17.4 Å². The zero-order chi connectivity index (χ0) is 18.7. The maximum absolute atomic E-state index is 12.6. The third-order valence-electron chi connectivity index (χ3n) is 5.32. The van der Waals surface area contributed by atoms with Gasteiger partial charge in [0.05, 0.1) is 5.69 Å². The number of hydrogen-bond acceptors (Lipinski definition) is 4. The Morgan fingerprint density at radius 1 is 1.23 bits per heavy atom. The fourth-order valence-electron chi connectivity index (χ4n) is 4.13. The smallest absolute Gasteiger partial charge is 0.319 e. The summed E-state index contributed by atoms with van der Waals surface area (Å²) in [6.07, 6.45) is 2.32. The molecule has 2 aliphatic heterocycles. The van der Waals surface area contributed by atoms with Crippen molar-refractivity contribution in [2.24, 2.45) is 5.41 Å². The lowest BCUT2D eigenvalue weighted by Crippen LogP contribution is -2.47. The molecule has 7 heteroatoms. The first-order valence-electron chi connectivity index (χ1n) is 9.29. The van der Waals surface area contributed by atoms with Gasteiger partial charge in [-0.05, 0) is 19.1 Å². The van der Waals surface area contributed by atoms with E-state index >= 15 is 0 Å². The van der Waals surface area contributed by atoms with Gasteiger partial charge in [-0.3, -0.25) is 14.7 Å². The second kappa shape index (κ2) is 7.61. The van der Waals surface area contributed by atoms with Crippen molar-refractivity contribution in [1.82, 2.24) is 24.6 Å². The predicted octanol–water partition coefficient (Wildman–Crippen LogP) is 1.12. The lowest BCUT2D eigenvalue weighted by Gasteiger charge is -2.34. The van der Waals surface area contributed by atoms with Crippen LogP contribution in [-0.4, -0.2) is 89.9 Å². The summed E-state index contributed by atoms with van der Waals surface area (Å²) in [4.78, 5) is 37.3. The van der Waals surface area contributed by atoms with Crippen molar-refractivity contribution in [3.8, 4) is 0 Å². The number of rotatable bonds is 3. The Morgan fingerprint density at radius 3 is 2.65 bits per heavy atom. The number of nitrogens with zero attached hydrogens (tertiary/aromatic N) is 5. The molecular weight excluding hydrogens is 330 g/mol. The first-order valence-corrected chi connectivity index (χ1v) is 9.29. The Balaban J connectivity index is 1.82. The number of carbonyl (C=O) groups excluding carboxylic acids is 2. The first-order chi connectivity index (χ1) is 12.4. The molecule has 1 aromatic rings. The van der Waals surface area contributed by atoms with Crippen molar-refractivity contribution in [3.63, 3.8) is 0 Å². The molecule has 7 nitrogen and oxygen atoms in total. The Kier molecular flexibility index (Phi) is 5.46. The van der Waals surface area contributed by atoms with Gasteiger partial charge in [-0.1, -0.05) is 6.07 Å². The Morgan fingerprint density at radius 2 is 2.04 bits per heavy atom. The lowest BCUT2D eigenvalue weighted by atomic mass is 9.86. The molecule has 142 valence electrons. The van der Waals surface area contributed by atoms with Crippen molar-refractivity contribution in [1.29, 1.82) is 0 Å². The highest BCUT2D eigenvalue weighted by atomic mass is 16.2. The third-order valence-corrected chi connectivity index (χ3v) is 5.32. The number of urea groups is 1. The van der Waals surface area contributed by atoms with Crippen molar-refractivity contribution in [2.75, 3.05) is 53.4 Å². The van der Waals surface area contributed by atoms with Crippen LogP contribution in [0.1, 0.15) is 19.0 Å². The van der Waals surface area contributed by atoms with E-state index in [1.165, 1.54) is 0 Å². The van der Waals surface area contributed by atoms with Crippen LogP contribution in [0.3, 0.4) is 0 Å². The molecule has 3 amide bonds. The van der Waals surface area contributed by atoms with Crippen LogP contribution in [0.25, 0.3) is 0 Å². The highest BCUT2D eigenvalue weighted by molar-refractivity contribution is 5.80. The fourth-order valence-corrected chi connectivity index (χ4v) is 4.13.